The van der Waals surface area contributed by atoms with Crippen molar-refractivity contribution >= 4 is 23.5 Å². The predicted molar refractivity (Wildman–Crippen MR) is 136 cm³/mol. The highest BCUT2D eigenvalue weighted by Crippen LogP contribution is 2.40. The number of anilines is 1. The van der Waals surface area contributed by atoms with Gasteiger partial charge < -0.3 is 35.7 Å². The zero-order valence-corrected chi connectivity index (χ0v) is 20.1. The van der Waals surface area contributed by atoms with Crippen LogP contribution < -0.4 is 30.6 Å². The molecule has 10 heteroatoms. The molecule has 1 atom stereocenters. The average Bonchev–Trinajstić information content (AvgIpc) is 2.90. The number of rotatable bonds is 10. The van der Waals surface area contributed by atoms with Crippen molar-refractivity contribution < 1.29 is 28.9 Å². The maximum Gasteiger partial charge on any atom is 0.433 e. The number of hydrogen-bond acceptors (Lipinski definition) is 6. The van der Waals surface area contributed by atoms with Crippen molar-refractivity contribution in [3.8, 4) is 17.2 Å². The van der Waals surface area contributed by atoms with Gasteiger partial charge in [0.25, 0.3) is 0 Å². The lowest BCUT2D eigenvalue weighted by Gasteiger charge is -2.22. The van der Waals surface area contributed by atoms with E-state index in [-0.39, 0.29) is 11.7 Å². The lowest BCUT2D eigenvalue weighted by atomic mass is 10.0. The first kappa shape index (κ1) is 25.9. The molecule has 3 aromatic carbocycles. The van der Waals surface area contributed by atoms with E-state index < -0.39 is 12.1 Å². The molecule has 3 aromatic rings. The Hall–Kier alpha value is -4.73. The van der Waals surface area contributed by atoms with Gasteiger partial charge in [0.05, 0.1) is 21.3 Å². The molecular formula is C26H28N4O6. The van der Waals surface area contributed by atoms with Gasteiger partial charge in [-0.15, -0.1) is 0 Å². The van der Waals surface area contributed by atoms with Crippen LogP contribution in [0.1, 0.15) is 22.7 Å². The number of nitrogens with one attached hydrogen (secondary N) is 2. The fourth-order valence-corrected chi connectivity index (χ4v) is 3.53. The summed E-state index contributed by atoms with van der Waals surface area (Å²) in [5, 5.41) is 15.0. The molecule has 0 radical (unpaired) electrons. The van der Waals surface area contributed by atoms with Crippen LogP contribution in [0.2, 0.25) is 0 Å². The third-order valence-corrected chi connectivity index (χ3v) is 5.30. The first-order valence-electron chi connectivity index (χ1n) is 10.9. The molecule has 1 unspecified atom stereocenters. The maximum absolute atomic E-state index is 13.4. The lowest BCUT2D eigenvalue weighted by molar-refractivity contribution is -0.122. The monoisotopic (exact) mass is 492 g/mol. The highest BCUT2D eigenvalue weighted by Gasteiger charge is 2.25. The van der Waals surface area contributed by atoms with Crippen LogP contribution in [-0.2, 0) is 11.3 Å². The number of methoxy groups -OCH3 is 3. The van der Waals surface area contributed by atoms with E-state index in [0.29, 0.717) is 40.6 Å². The van der Waals surface area contributed by atoms with Gasteiger partial charge in [0, 0.05) is 17.8 Å². The summed E-state index contributed by atoms with van der Waals surface area (Å²) < 4.78 is 16.3. The first-order chi connectivity index (χ1) is 17.4. The summed E-state index contributed by atoms with van der Waals surface area (Å²) in [5.41, 5.74) is 8.27. The Morgan fingerprint density at radius 1 is 0.944 bits per heavy atom. The van der Waals surface area contributed by atoms with E-state index in [2.05, 4.69) is 15.6 Å². The molecule has 0 saturated heterocycles. The molecule has 0 spiro atoms. The molecule has 0 fully saturated rings. The Labute approximate surface area is 208 Å². The highest BCUT2D eigenvalue weighted by molar-refractivity contribution is 6.02. The Kier molecular flexibility index (Phi) is 8.71. The maximum atomic E-state index is 13.4. The number of carbonyl (C=O) groups is 2. The number of nitrogens with two attached hydrogens (primary N) is 1. The smallest absolute Gasteiger partial charge is 0.433 e. The van der Waals surface area contributed by atoms with Gasteiger partial charge in [0.15, 0.2) is 11.5 Å². The Morgan fingerprint density at radius 3 is 2.08 bits per heavy atom. The number of aliphatic imine (C=N–C) groups is 1. The van der Waals surface area contributed by atoms with Crippen molar-refractivity contribution in [2.24, 2.45) is 10.7 Å². The van der Waals surface area contributed by atoms with Gasteiger partial charge in [0.1, 0.15) is 11.9 Å². The SMILES string of the molecule is COc1cc(C(Nc2ccc(C(N)=NC(=O)O)cc2)C(=O)NCc2ccccc2)cc(OC)c1OC. The lowest BCUT2D eigenvalue weighted by Crippen LogP contribution is -2.33. The van der Waals surface area contributed by atoms with Crippen LogP contribution in [0.5, 0.6) is 17.2 Å². The summed E-state index contributed by atoms with van der Waals surface area (Å²) in [6.45, 7) is 0.337. The molecule has 0 saturated carbocycles. The van der Waals surface area contributed by atoms with Crippen LogP contribution in [0.25, 0.3) is 0 Å². The number of amides is 2. The van der Waals surface area contributed by atoms with Crippen LogP contribution in [-0.4, -0.2) is 44.3 Å². The van der Waals surface area contributed by atoms with Crippen molar-refractivity contribution in [2.75, 3.05) is 26.6 Å². The minimum Gasteiger partial charge on any atom is -0.493 e. The number of carbonyl (C=O) groups excluding carboxylic acids is 1. The van der Waals surface area contributed by atoms with Gasteiger partial charge in [-0.25, -0.2) is 4.79 Å². The second-order valence-electron chi connectivity index (χ2n) is 7.60. The number of ether oxygens (including phenoxy) is 3. The third-order valence-electron chi connectivity index (χ3n) is 5.30. The van der Waals surface area contributed by atoms with E-state index in [1.807, 2.05) is 30.3 Å². The van der Waals surface area contributed by atoms with E-state index in [9.17, 15) is 9.59 Å². The average molecular weight is 493 g/mol. The van der Waals surface area contributed by atoms with Crippen LogP contribution in [0.4, 0.5) is 10.5 Å². The Bertz CT molecular complexity index is 1200. The van der Waals surface area contributed by atoms with E-state index in [1.165, 1.54) is 21.3 Å². The van der Waals surface area contributed by atoms with E-state index in [1.54, 1.807) is 36.4 Å². The summed E-state index contributed by atoms with van der Waals surface area (Å²) in [7, 11) is 4.50. The minimum absolute atomic E-state index is 0.129. The predicted octanol–water partition coefficient (Wildman–Crippen LogP) is 3.57. The third kappa shape index (κ3) is 6.44. The van der Waals surface area contributed by atoms with Crippen molar-refractivity contribution in [1.29, 1.82) is 0 Å². The van der Waals surface area contributed by atoms with Gasteiger partial charge >= 0.3 is 6.09 Å². The van der Waals surface area contributed by atoms with E-state index >= 15 is 0 Å². The van der Waals surface area contributed by atoms with Gasteiger partial charge in [-0.2, -0.15) is 4.99 Å². The Morgan fingerprint density at radius 2 is 1.56 bits per heavy atom. The Balaban J connectivity index is 1.94. The number of nitrogens with zero attached hydrogens (tertiary/aromatic N) is 1. The summed E-state index contributed by atoms with van der Waals surface area (Å²) >= 11 is 0. The zero-order valence-electron chi connectivity index (χ0n) is 20.1. The van der Waals surface area contributed by atoms with Crippen molar-refractivity contribution in [1.82, 2.24) is 5.32 Å². The number of hydrogen-bond donors (Lipinski definition) is 4. The normalized spacial score (nSPS) is 11.8. The first-order valence-corrected chi connectivity index (χ1v) is 10.9. The van der Waals surface area contributed by atoms with Crippen molar-refractivity contribution in [3.05, 3.63) is 83.4 Å². The quantitative estimate of drug-likeness (QED) is 0.248. The zero-order chi connectivity index (χ0) is 26.1. The van der Waals surface area contributed by atoms with Crippen LogP contribution >= 0.6 is 0 Å². The number of benzene rings is 3. The summed E-state index contributed by atoms with van der Waals surface area (Å²) in [4.78, 5) is 27.5. The summed E-state index contributed by atoms with van der Waals surface area (Å²) in [6, 6.07) is 18.7. The molecule has 0 heterocycles. The van der Waals surface area contributed by atoms with Crippen LogP contribution in [0, 0.1) is 0 Å². The summed E-state index contributed by atoms with van der Waals surface area (Å²) in [6.07, 6.45) is -1.38. The van der Waals surface area contributed by atoms with Crippen LogP contribution in [0.15, 0.2) is 71.7 Å². The number of amidine groups is 1. The van der Waals surface area contributed by atoms with Crippen molar-refractivity contribution in [3.63, 3.8) is 0 Å². The fraction of sp³-hybridized carbons (Fsp3) is 0.192. The summed E-state index contributed by atoms with van der Waals surface area (Å²) in [5.74, 6) is 0.801. The molecule has 3 rings (SSSR count). The molecule has 188 valence electrons. The molecule has 0 aliphatic carbocycles. The molecular weight excluding hydrogens is 464 g/mol. The van der Waals surface area contributed by atoms with Crippen LogP contribution in [0.3, 0.4) is 0 Å². The standard InChI is InChI=1S/C26H28N4O6/c1-34-20-13-18(14-21(35-2)23(20)36-3)22(25(31)28-15-16-7-5-4-6-8-16)29-19-11-9-17(10-12-19)24(27)30-26(32)33/h4-14,22,29H,15H2,1-3H3,(H2,27,30)(H,28,31)(H,32,33). The van der Waals surface area contributed by atoms with Gasteiger partial charge in [0.2, 0.25) is 11.7 Å². The number of carboxylic acid groups (broad SMARTS) is 1. The van der Waals surface area contributed by atoms with E-state index in [4.69, 9.17) is 25.1 Å². The largest absolute Gasteiger partial charge is 0.493 e. The molecule has 2 amide bonds. The minimum atomic E-state index is -1.38. The van der Waals surface area contributed by atoms with E-state index in [0.717, 1.165) is 5.56 Å². The van der Waals surface area contributed by atoms with Gasteiger partial charge in [-0.05, 0) is 47.5 Å². The van der Waals surface area contributed by atoms with Gasteiger partial charge in [-0.3, -0.25) is 4.79 Å². The molecule has 0 aliphatic rings. The molecule has 5 N–H and O–H groups in total. The van der Waals surface area contributed by atoms with Gasteiger partial charge in [-0.1, -0.05) is 30.3 Å². The van der Waals surface area contributed by atoms with Crippen molar-refractivity contribution in [2.45, 2.75) is 12.6 Å². The molecule has 0 aromatic heterocycles. The molecule has 0 aliphatic heterocycles. The molecule has 0 bridgehead atoms. The molecule has 10 nitrogen and oxygen atoms in total. The molecule has 36 heavy (non-hydrogen) atoms. The highest BCUT2D eigenvalue weighted by atomic mass is 16.5. The second kappa shape index (κ2) is 12.1. The fourth-order valence-electron chi connectivity index (χ4n) is 3.53. The second-order valence-corrected chi connectivity index (χ2v) is 7.60. The topological polar surface area (TPSA) is 144 Å².